The third kappa shape index (κ3) is 2.83. The molecule has 1 atom stereocenters. The highest BCUT2D eigenvalue weighted by Crippen LogP contribution is 2.39. The number of hydrogen-bond donors (Lipinski definition) is 2. The van der Waals surface area contributed by atoms with Gasteiger partial charge in [-0.3, -0.25) is 5.84 Å². The minimum Gasteiger partial charge on any atom is -0.381 e. The second-order valence-electron chi connectivity index (χ2n) is 4.85. The number of hydrazine groups is 1. The van der Waals surface area contributed by atoms with Crippen LogP contribution in [0, 0.1) is 11.6 Å². The SMILES string of the molecule is CCOC1(C(NN)c2c(F)cccc2F)CCOCC1. The summed E-state index contributed by atoms with van der Waals surface area (Å²) in [4.78, 5) is 0. The number of ether oxygens (including phenoxy) is 2. The summed E-state index contributed by atoms with van der Waals surface area (Å²) < 4.78 is 39.2. The van der Waals surface area contributed by atoms with Gasteiger partial charge in [0, 0.05) is 38.2 Å². The van der Waals surface area contributed by atoms with Crippen LogP contribution in [0.5, 0.6) is 0 Å². The second kappa shape index (κ2) is 6.58. The Morgan fingerprint density at radius 2 is 1.95 bits per heavy atom. The Morgan fingerprint density at radius 1 is 1.35 bits per heavy atom. The number of nitrogens with one attached hydrogen (secondary N) is 1. The van der Waals surface area contributed by atoms with E-state index in [9.17, 15) is 8.78 Å². The van der Waals surface area contributed by atoms with Crippen molar-refractivity contribution in [3.63, 3.8) is 0 Å². The van der Waals surface area contributed by atoms with Gasteiger partial charge in [0.1, 0.15) is 11.6 Å². The molecule has 112 valence electrons. The Morgan fingerprint density at radius 3 is 2.45 bits per heavy atom. The summed E-state index contributed by atoms with van der Waals surface area (Å²) >= 11 is 0. The standard InChI is InChI=1S/C14H20F2N2O2/c1-2-20-14(6-8-19-9-7-14)13(18-17)12-10(15)4-3-5-11(12)16/h3-5,13,18H,2,6-9,17H2,1H3. The Balaban J connectivity index is 2.42. The van der Waals surface area contributed by atoms with Gasteiger partial charge in [0.05, 0.1) is 11.6 Å². The average molecular weight is 286 g/mol. The second-order valence-corrected chi connectivity index (χ2v) is 4.85. The Bertz CT molecular complexity index is 425. The van der Waals surface area contributed by atoms with Gasteiger partial charge in [0.15, 0.2) is 0 Å². The van der Waals surface area contributed by atoms with Crippen LogP contribution < -0.4 is 11.3 Å². The van der Waals surface area contributed by atoms with E-state index in [1.165, 1.54) is 18.2 Å². The van der Waals surface area contributed by atoms with Crippen molar-refractivity contribution in [2.75, 3.05) is 19.8 Å². The van der Waals surface area contributed by atoms with Crippen LogP contribution in [-0.2, 0) is 9.47 Å². The van der Waals surface area contributed by atoms with E-state index in [-0.39, 0.29) is 5.56 Å². The van der Waals surface area contributed by atoms with Crippen LogP contribution in [0.25, 0.3) is 0 Å². The first-order chi connectivity index (χ1) is 9.64. The van der Waals surface area contributed by atoms with Gasteiger partial charge in [0.25, 0.3) is 0 Å². The molecule has 0 bridgehead atoms. The molecule has 20 heavy (non-hydrogen) atoms. The van der Waals surface area contributed by atoms with Crippen LogP contribution in [-0.4, -0.2) is 25.4 Å². The van der Waals surface area contributed by atoms with E-state index in [2.05, 4.69) is 5.43 Å². The van der Waals surface area contributed by atoms with E-state index in [4.69, 9.17) is 15.3 Å². The van der Waals surface area contributed by atoms with Gasteiger partial charge in [-0.15, -0.1) is 0 Å². The van der Waals surface area contributed by atoms with Gasteiger partial charge >= 0.3 is 0 Å². The lowest BCUT2D eigenvalue weighted by atomic mass is 9.82. The minimum absolute atomic E-state index is 0.0784. The number of hydrogen-bond acceptors (Lipinski definition) is 4. The summed E-state index contributed by atoms with van der Waals surface area (Å²) in [6.07, 6.45) is 1.06. The Labute approximate surface area is 117 Å². The molecule has 0 radical (unpaired) electrons. The fraction of sp³-hybridized carbons (Fsp3) is 0.571. The first-order valence-electron chi connectivity index (χ1n) is 6.76. The third-order valence-electron chi connectivity index (χ3n) is 3.75. The van der Waals surface area contributed by atoms with Crippen molar-refractivity contribution < 1.29 is 18.3 Å². The minimum atomic E-state index is -0.759. The first-order valence-corrected chi connectivity index (χ1v) is 6.76. The Kier molecular flexibility index (Phi) is 5.04. The summed E-state index contributed by atoms with van der Waals surface area (Å²) in [6.45, 7) is 3.25. The molecule has 1 heterocycles. The molecule has 1 aliphatic rings. The van der Waals surface area contributed by atoms with Crippen molar-refractivity contribution in [1.29, 1.82) is 0 Å². The van der Waals surface area contributed by atoms with Gasteiger partial charge < -0.3 is 9.47 Å². The molecule has 0 saturated carbocycles. The third-order valence-corrected chi connectivity index (χ3v) is 3.75. The van der Waals surface area contributed by atoms with Crippen LogP contribution in [0.4, 0.5) is 8.78 Å². The zero-order valence-corrected chi connectivity index (χ0v) is 11.5. The predicted molar refractivity (Wildman–Crippen MR) is 70.8 cm³/mol. The molecule has 1 aromatic rings. The highest BCUT2D eigenvalue weighted by atomic mass is 19.1. The number of nitrogens with two attached hydrogens (primary N) is 1. The van der Waals surface area contributed by atoms with E-state index in [0.29, 0.717) is 32.7 Å². The molecule has 0 aliphatic carbocycles. The summed E-state index contributed by atoms with van der Waals surface area (Å²) in [5, 5.41) is 0. The predicted octanol–water partition coefficient (Wildman–Crippen LogP) is 2.05. The zero-order valence-electron chi connectivity index (χ0n) is 11.5. The molecule has 1 aliphatic heterocycles. The van der Waals surface area contributed by atoms with E-state index < -0.39 is 23.3 Å². The topological polar surface area (TPSA) is 56.5 Å². The lowest BCUT2D eigenvalue weighted by molar-refractivity contribution is -0.129. The van der Waals surface area contributed by atoms with Gasteiger partial charge in [-0.05, 0) is 19.1 Å². The summed E-state index contributed by atoms with van der Waals surface area (Å²) in [6, 6.07) is 3.02. The molecule has 0 amide bonds. The molecule has 0 spiro atoms. The fourth-order valence-electron chi connectivity index (χ4n) is 2.81. The van der Waals surface area contributed by atoms with Crippen LogP contribution in [0.2, 0.25) is 0 Å². The molecule has 4 nitrogen and oxygen atoms in total. The molecule has 1 saturated heterocycles. The van der Waals surface area contributed by atoms with Crippen LogP contribution in [0.15, 0.2) is 18.2 Å². The van der Waals surface area contributed by atoms with Crippen molar-refractivity contribution in [2.45, 2.75) is 31.4 Å². The maximum atomic E-state index is 14.0. The quantitative estimate of drug-likeness (QED) is 0.642. The van der Waals surface area contributed by atoms with Gasteiger partial charge in [-0.2, -0.15) is 0 Å². The van der Waals surface area contributed by atoms with E-state index >= 15 is 0 Å². The number of rotatable bonds is 5. The van der Waals surface area contributed by atoms with Crippen LogP contribution >= 0.6 is 0 Å². The van der Waals surface area contributed by atoms with Crippen molar-refractivity contribution in [3.8, 4) is 0 Å². The summed E-state index contributed by atoms with van der Waals surface area (Å²) in [5.41, 5.74) is 1.70. The molecule has 6 heteroatoms. The normalized spacial score (nSPS) is 19.8. The molecule has 1 unspecified atom stereocenters. The number of halogens is 2. The summed E-state index contributed by atoms with van der Waals surface area (Å²) in [5.74, 6) is 4.33. The zero-order chi connectivity index (χ0) is 14.6. The number of benzene rings is 1. The summed E-state index contributed by atoms with van der Waals surface area (Å²) in [7, 11) is 0. The average Bonchev–Trinajstić information content (AvgIpc) is 2.44. The molecule has 1 aromatic carbocycles. The van der Waals surface area contributed by atoms with Gasteiger partial charge in [-0.25, -0.2) is 14.2 Å². The van der Waals surface area contributed by atoms with Crippen molar-refractivity contribution in [2.24, 2.45) is 5.84 Å². The molecule has 3 N–H and O–H groups in total. The van der Waals surface area contributed by atoms with Gasteiger partial charge in [0.2, 0.25) is 0 Å². The molecular formula is C14H20F2N2O2. The van der Waals surface area contributed by atoms with Crippen LogP contribution in [0.3, 0.4) is 0 Å². The molecule has 2 rings (SSSR count). The smallest absolute Gasteiger partial charge is 0.131 e. The monoisotopic (exact) mass is 286 g/mol. The molecule has 1 fully saturated rings. The highest BCUT2D eigenvalue weighted by Gasteiger charge is 2.43. The lowest BCUT2D eigenvalue weighted by Crippen LogP contribution is -2.52. The lowest BCUT2D eigenvalue weighted by Gasteiger charge is -2.43. The van der Waals surface area contributed by atoms with Crippen LogP contribution in [0.1, 0.15) is 31.4 Å². The van der Waals surface area contributed by atoms with E-state index in [1.54, 1.807) is 0 Å². The van der Waals surface area contributed by atoms with Crippen molar-refractivity contribution >= 4 is 0 Å². The highest BCUT2D eigenvalue weighted by molar-refractivity contribution is 5.26. The van der Waals surface area contributed by atoms with Crippen molar-refractivity contribution in [1.82, 2.24) is 5.43 Å². The maximum Gasteiger partial charge on any atom is 0.131 e. The van der Waals surface area contributed by atoms with Crippen molar-refractivity contribution in [3.05, 3.63) is 35.4 Å². The van der Waals surface area contributed by atoms with E-state index in [0.717, 1.165) is 0 Å². The maximum absolute atomic E-state index is 14.0. The van der Waals surface area contributed by atoms with Gasteiger partial charge in [-0.1, -0.05) is 6.07 Å². The first kappa shape index (κ1) is 15.3. The Hall–Kier alpha value is -1.08. The largest absolute Gasteiger partial charge is 0.381 e. The fourth-order valence-corrected chi connectivity index (χ4v) is 2.81. The molecule has 0 aromatic heterocycles. The molecular weight excluding hydrogens is 266 g/mol. The van der Waals surface area contributed by atoms with E-state index in [1.807, 2.05) is 6.92 Å².